The van der Waals surface area contributed by atoms with Crippen molar-refractivity contribution in [3.63, 3.8) is 0 Å². The minimum Gasteiger partial charge on any atom is -0.288 e. The van der Waals surface area contributed by atoms with Gasteiger partial charge in [0, 0.05) is 10.0 Å². The number of carbonyl (C=O) groups excluding carboxylic acids is 1. The molecule has 0 bridgehead atoms. The van der Waals surface area contributed by atoms with E-state index in [0.29, 0.717) is 16.0 Å². The molecule has 3 heteroatoms. The number of halogens is 2. The van der Waals surface area contributed by atoms with Crippen LogP contribution in [0.25, 0.3) is 0 Å². The van der Waals surface area contributed by atoms with Crippen LogP contribution in [0.1, 0.15) is 46.7 Å². The SMILES string of the molecule is O=C(c1ccc(C2CCC2)cc1)c1c(F)cccc1Br. The summed E-state index contributed by atoms with van der Waals surface area (Å²) in [6, 6.07) is 12.1. The topological polar surface area (TPSA) is 17.1 Å². The van der Waals surface area contributed by atoms with Gasteiger partial charge in [0.1, 0.15) is 5.82 Å². The molecular formula is C17H14BrFO. The van der Waals surface area contributed by atoms with Gasteiger partial charge in [-0.3, -0.25) is 4.79 Å². The summed E-state index contributed by atoms with van der Waals surface area (Å²) in [6.45, 7) is 0. The van der Waals surface area contributed by atoms with Crippen LogP contribution < -0.4 is 0 Å². The van der Waals surface area contributed by atoms with Gasteiger partial charge in [-0.25, -0.2) is 4.39 Å². The fraction of sp³-hybridized carbons (Fsp3) is 0.235. The molecule has 1 aliphatic rings. The Hall–Kier alpha value is -1.48. The molecule has 0 heterocycles. The molecule has 0 atom stereocenters. The molecule has 0 N–H and O–H groups in total. The van der Waals surface area contributed by atoms with Crippen molar-refractivity contribution in [3.8, 4) is 0 Å². The summed E-state index contributed by atoms with van der Waals surface area (Å²) in [5.74, 6) is -0.137. The minimum absolute atomic E-state index is 0.101. The molecule has 102 valence electrons. The summed E-state index contributed by atoms with van der Waals surface area (Å²) in [6.07, 6.45) is 3.74. The van der Waals surface area contributed by atoms with Crippen molar-refractivity contribution in [2.24, 2.45) is 0 Å². The molecule has 1 nitrogen and oxygen atoms in total. The Balaban J connectivity index is 1.90. The highest BCUT2D eigenvalue weighted by atomic mass is 79.9. The van der Waals surface area contributed by atoms with Crippen LogP contribution in [-0.4, -0.2) is 5.78 Å². The Morgan fingerprint density at radius 3 is 2.35 bits per heavy atom. The Morgan fingerprint density at radius 1 is 1.10 bits per heavy atom. The van der Waals surface area contributed by atoms with E-state index in [1.807, 2.05) is 12.1 Å². The van der Waals surface area contributed by atoms with E-state index in [2.05, 4.69) is 15.9 Å². The predicted octanol–water partition coefficient (Wildman–Crippen LogP) is 5.09. The second-order valence-corrected chi connectivity index (χ2v) is 6.03. The lowest BCUT2D eigenvalue weighted by Crippen LogP contribution is -2.10. The summed E-state index contributed by atoms with van der Waals surface area (Å²) in [7, 11) is 0. The summed E-state index contributed by atoms with van der Waals surface area (Å²) >= 11 is 3.24. The van der Waals surface area contributed by atoms with Gasteiger partial charge in [0.25, 0.3) is 0 Å². The maximum atomic E-state index is 13.8. The second kappa shape index (κ2) is 5.49. The van der Waals surface area contributed by atoms with E-state index >= 15 is 0 Å². The molecule has 20 heavy (non-hydrogen) atoms. The second-order valence-electron chi connectivity index (χ2n) is 5.18. The van der Waals surface area contributed by atoms with Crippen LogP contribution in [0.2, 0.25) is 0 Å². The molecule has 3 rings (SSSR count). The van der Waals surface area contributed by atoms with Crippen molar-refractivity contribution in [2.75, 3.05) is 0 Å². The molecule has 1 aliphatic carbocycles. The molecular weight excluding hydrogens is 319 g/mol. The third-order valence-electron chi connectivity index (χ3n) is 3.94. The first kappa shape index (κ1) is 13.5. The predicted molar refractivity (Wildman–Crippen MR) is 80.6 cm³/mol. The average molecular weight is 333 g/mol. The summed E-state index contributed by atoms with van der Waals surface area (Å²) in [5.41, 5.74) is 1.91. The van der Waals surface area contributed by atoms with Crippen molar-refractivity contribution in [1.82, 2.24) is 0 Å². The zero-order valence-corrected chi connectivity index (χ0v) is 12.5. The maximum Gasteiger partial charge on any atom is 0.197 e. The highest BCUT2D eigenvalue weighted by molar-refractivity contribution is 9.10. The largest absolute Gasteiger partial charge is 0.288 e. The standard InChI is InChI=1S/C17H14BrFO/c18-14-5-2-6-15(19)16(14)17(20)13-9-7-12(8-10-13)11-3-1-4-11/h2,5-11H,1,3-4H2. The number of hydrogen-bond donors (Lipinski definition) is 0. The number of hydrogen-bond acceptors (Lipinski definition) is 1. The van der Waals surface area contributed by atoms with Crippen LogP contribution in [-0.2, 0) is 0 Å². The lowest BCUT2D eigenvalue weighted by molar-refractivity contribution is 0.103. The molecule has 0 unspecified atom stereocenters. The molecule has 2 aromatic rings. The van der Waals surface area contributed by atoms with Crippen LogP contribution in [0.5, 0.6) is 0 Å². The van der Waals surface area contributed by atoms with Gasteiger partial charge in [0.05, 0.1) is 5.56 Å². The average Bonchev–Trinajstić information content (AvgIpc) is 2.37. The first-order valence-corrected chi connectivity index (χ1v) is 7.55. The number of ketones is 1. The van der Waals surface area contributed by atoms with Gasteiger partial charge in [-0.15, -0.1) is 0 Å². The highest BCUT2D eigenvalue weighted by Crippen LogP contribution is 2.36. The zero-order valence-electron chi connectivity index (χ0n) is 10.9. The fourth-order valence-electron chi connectivity index (χ4n) is 2.51. The van der Waals surface area contributed by atoms with Crippen molar-refractivity contribution >= 4 is 21.7 Å². The van der Waals surface area contributed by atoms with Gasteiger partial charge in [0.2, 0.25) is 0 Å². The Labute approximate surface area is 126 Å². The van der Waals surface area contributed by atoms with E-state index in [4.69, 9.17) is 0 Å². The van der Waals surface area contributed by atoms with Crippen molar-refractivity contribution < 1.29 is 9.18 Å². The van der Waals surface area contributed by atoms with E-state index < -0.39 is 5.82 Å². The first-order chi connectivity index (χ1) is 9.66. The Morgan fingerprint density at radius 2 is 1.80 bits per heavy atom. The van der Waals surface area contributed by atoms with Crippen LogP contribution in [0.3, 0.4) is 0 Å². The van der Waals surface area contributed by atoms with Crippen LogP contribution in [0.4, 0.5) is 4.39 Å². The quantitative estimate of drug-likeness (QED) is 0.716. The van der Waals surface area contributed by atoms with E-state index in [1.165, 1.54) is 30.9 Å². The Kier molecular flexibility index (Phi) is 3.70. The highest BCUT2D eigenvalue weighted by Gasteiger charge is 2.21. The first-order valence-electron chi connectivity index (χ1n) is 6.75. The number of benzene rings is 2. The number of carbonyl (C=O) groups is 1. The van der Waals surface area contributed by atoms with E-state index in [9.17, 15) is 9.18 Å². The van der Waals surface area contributed by atoms with Gasteiger partial charge >= 0.3 is 0 Å². The van der Waals surface area contributed by atoms with Gasteiger partial charge in [0.15, 0.2) is 5.78 Å². The fourth-order valence-corrected chi connectivity index (χ4v) is 3.03. The maximum absolute atomic E-state index is 13.8. The zero-order chi connectivity index (χ0) is 14.1. The van der Waals surface area contributed by atoms with Gasteiger partial charge in [-0.05, 0) is 52.4 Å². The molecule has 0 amide bonds. The van der Waals surface area contributed by atoms with Crippen LogP contribution in [0, 0.1) is 5.82 Å². The van der Waals surface area contributed by atoms with E-state index in [0.717, 1.165) is 0 Å². The third kappa shape index (κ3) is 2.42. The van der Waals surface area contributed by atoms with Gasteiger partial charge in [-0.1, -0.05) is 36.8 Å². The van der Waals surface area contributed by atoms with Gasteiger partial charge in [-0.2, -0.15) is 0 Å². The van der Waals surface area contributed by atoms with E-state index in [1.54, 1.807) is 24.3 Å². The molecule has 1 saturated carbocycles. The molecule has 1 fully saturated rings. The summed E-state index contributed by atoms with van der Waals surface area (Å²) < 4.78 is 14.3. The van der Waals surface area contributed by atoms with Gasteiger partial charge < -0.3 is 0 Å². The molecule has 0 aliphatic heterocycles. The minimum atomic E-state index is -0.493. The lowest BCUT2D eigenvalue weighted by Gasteiger charge is -2.25. The normalized spacial score (nSPS) is 14.9. The monoisotopic (exact) mass is 332 g/mol. The smallest absolute Gasteiger partial charge is 0.197 e. The molecule has 0 spiro atoms. The lowest BCUT2D eigenvalue weighted by atomic mass is 9.80. The number of rotatable bonds is 3. The Bertz CT molecular complexity index is 624. The molecule has 0 radical (unpaired) electrons. The van der Waals surface area contributed by atoms with E-state index in [-0.39, 0.29) is 11.3 Å². The third-order valence-corrected chi connectivity index (χ3v) is 4.60. The van der Waals surface area contributed by atoms with Crippen molar-refractivity contribution in [3.05, 3.63) is 69.4 Å². The van der Waals surface area contributed by atoms with Crippen molar-refractivity contribution in [1.29, 1.82) is 0 Å². The summed E-state index contributed by atoms with van der Waals surface area (Å²) in [5, 5.41) is 0. The van der Waals surface area contributed by atoms with Crippen molar-refractivity contribution in [2.45, 2.75) is 25.2 Å². The summed E-state index contributed by atoms with van der Waals surface area (Å²) in [4.78, 5) is 12.4. The molecule has 2 aromatic carbocycles. The molecule has 0 aromatic heterocycles. The van der Waals surface area contributed by atoms with Crippen LogP contribution >= 0.6 is 15.9 Å². The molecule has 0 saturated heterocycles. The van der Waals surface area contributed by atoms with Crippen LogP contribution in [0.15, 0.2) is 46.9 Å².